The van der Waals surface area contributed by atoms with Crippen molar-refractivity contribution < 1.29 is 4.42 Å². The average Bonchev–Trinajstić information content (AvgIpc) is 3.58. The van der Waals surface area contributed by atoms with Crippen LogP contribution in [0.2, 0.25) is 0 Å². The first-order valence-corrected chi connectivity index (χ1v) is 16.9. The van der Waals surface area contributed by atoms with Crippen molar-refractivity contribution in [3.05, 3.63) is 182 Å². The maximum absolute atomic E-state index is 6.82. The Labute approximate surface area is 289 Å². The minimum absolute atomic E-state index is 0.808. The summed E-state index contributed by atoms with van der Waals surface area (Å²) in [6.07, 6.45) is 3.84. The van der Waals surface area contributed by atoms with E-state index in [0.717, 1.165) is 49.8 Å². The van der Waals surface area contributed by atoms with Crippen LogP contribution in [0.25, 0.3) is 76.5 Å². The lowest BCUT2D eigenvalue weighted by atomic mass is 9.97. The largest absolute Gasteiger partial charge is 0.453 e. The lowest BCUT2D eigenvalue weighted by molar-refractivity contribution is 0.672. The number of benzene rings is 8. The molecule has 0 spiro atoms. The van der Waals surface area contributed by atoms with Crippen LogP contribution in [-0.2, 0) is 0 Å². The highest BCUT2D eigenvalue weighted by Gasteiger charge is 2.21. The zero-order chi connectivity index (χ0) is 33.0. The second kappa shape index (κ2) is 11.5. The Kier molecular flexibility index (Phi) is 6.49. The van der Waals surface area contributed by atoms with Gasteiger partial charge < -0.3 is 9.32 Å². The van der Waals surface area contributed by atoms with Gasteiger partial charge in [-0.1, -0.05) is 140 Å². The van der Waals surface area contributed by atoms with Crippen molar-refractivity contribution in [2.45, 2.75) is 0 Å². The van der Waals surface area contributed by atoms with Gasteiger partial charge in [-0.05, 0) is 79.5 Å². The van der Waals surface area contributed by atoms with Gasteiger partial charge in [-0.15, -0.1) is 0 Å². The molecule has 2 aromatic heterocycles. The minimum Gasteiger partial charge on any atom is -0.453 e. The molecule has 0 aliphatic rings. The standard InChI is InChI=1S/C47H30N2O/c1-4-14-38-31(9-1)12-7-17-40(38)34-19-24-36(25-20-34)49(37-26-21-35(22-27-37)41-18-8-13-32-10-2-5-15-39(32)41)45-30-48-29-44-43-28-23-33-11-3-6-16-42(33)46(43)50-47(44)45/h1-30H. The Morgan fingerprint density at radius 2 is 0.860 bits per heavy atom. The van der Waals surface area contributed by atoms with Crippen molar-refractivity contribution in [1.29, 1.82) is 0 Å². The molecular weight excluding hydrogens is 609 g/mol. The molecule has 10 aromatic rings. The second-order valence-electron chi connectivity index (χ2n) is 12.8. The zero-order valence-electron chi connectivity index (χ0n) is 27.1. The molecule has 10 rings (SSSR count). The predicted molar refractivity (Wildman–Crippen MR) is 210 cm³/mol. The summed E-state index contributed by atoms with van der Waals surface area (Å²) in [7, 11) is 0. The van der Waals surface area contributed by atoms with Gasteiger partial charge in [0.15, 0.2) is 5.58 Å². The molecule has 0 saturated heterocycles. The normalized spacial score (nSPS) is 11.6. The van der Waals surface area contributed by atoms with E-state index in [0.29, 0.717) is 0 Å². The Bertz CT molecular complexity index is 2730. The molecule has 234 valence electrons. The summed E-state index contributed by atoms with van der Waals surface area (Å²) in [5, 5.41) is 9.25. The fourth-order valence-electron chi connectivity index (χ4n) is 7.52. The number of anilines is 3. The van der Waals surface area contributed by atoms with Crippen LogP contribution >= 0.6 is 0 Å². The van der Waals surface area contributed by atoms with Crippen molar-refractivity contribution in [2.24, 2.45) is 0 Å². The van der Waals surface area contributed by atoms with Crippen LogP contribution < -0.4 is 4.90 Å². The number of fused-ring (bicyclic) bond motifs is 7. The highest BCUT2D eigenvalue weighted by molar-refractivity contribution is 6.17. The van der Waals surface area contributed by atoms with Gasteiger partial charge in [-0.2, -0.15) is 0 Å². The van der Waals surface area contributed by atoms with Crippen LogP contribution in [0.5, 0.6) is 0 Å². The minimum atomic E-state index is 0.808. The maximum Gasteiger partial charge on any atom is 0.162 e. The Balaban J connectivity index is 1.15. The molecule has 3 nitrogen and oxygen atoms in total. The van der Waals surface area contributed by atoms with E-state index in [1.165, 1.54) is 43.8 Å². The van der Waals surface area contributed by atoms with E-state index < -0.39 is 0 Å². The molecule has 50 heavy (non-hydrogen) atoms. The number of aromatic nitrogens is 1. The van der Waals surface area contributed by atoms with Crippen LogP contribution in [0, 0.1) is 0 Å². The van der Waals surface area contributed by atoms with Gasteiger partial charge in [0, 0.05) is 33.7 Å². The van der Waals surface area contributed by atoms with E-state index in [1.54, 1.807) is 0 Å². The van der Waals surface area contributed by atoms with Crippen molar-refractivity contribution in [1.82, 2.24) is 4.98 Å². The molecule has 0 amide bonds. The Morgan fingerprint density at radius 3 is 1.44 bits per heavy atom. The van der Waals surface area contributed by atoms with E-state index in [2.05, 4.69) is 175 Å². The fourth-order valence-corrected chi connectivity index (χ4v) is 7.52. The van der Waals surface area contributed by atoms with Gasteiger partial charge in [-0.25, -0.2) is 0 Å². The monoisotopic (exact) mass is 638 g/mol. The number of furan rings is 1. The molecule has 8 aromatic carbocycles. The van der Waals surface area contributed by atoms with E-state index in [9.17, 15) is 0 Å². The lowest BCUT2D eigenvalue weighted by Gasteiger charge is -2.25. The number of hydrogen-bond donors (Lipinski definition) is 0. The summed E-state index contributed by atoms with van der Waals surface area (Å²) < 4.78 is 6.82. The zero-order valence-corrected chi connectivity index (χ0v) is 27.1. The quantitative estimate of drug-likeness (QED) is 0.188. The molecular formula is C47H30N2O. The topological polar surface area (TPSA) is 29.3 Å². The van der Waals surface area contributed by atoms with Crippen LogP contribution in [0.1, 0.15) is 0 Å². The van der Waals surface area contributed by atoms with Gasteiger partial charge in [0.1, 0.15) is 11.3 Å². The molecule has 0 atom stereocenters. The van der Waals surface area contributed by atoms with E-state index >= 15 is 0 Å². The van der Waals surface area contributed by atoms with Crippen LogP contribution in [0.15, 0.2) is 187 Å². The summed E-state index contributed by atoms with van der Waals surface area (Å²) in [4.78, 5) is 7.05. The summed E-state index contributed by atoms with van der Waals surface area (Å²) >= 11 is 0. The van der Waals surface area contributed by atoms with Crippen molar-refractivity contribution in [2.75, 3.05) is 4.90 Å². The number of nitrogens with zero attached hydrogens (tertiary/aromatic N) is 2. The predicted octanol–water partition coefficient (Wildman–Crippen LogP) is 13.2. The van der Waals surface area contributed by atoms with E-state index in [1.807, 2.05) is 12.4 Å². The molecule has 0 aliphatic heterocycles. The summed E-state index contributed by atoms with van der Waals surface area (Å²) in [6, 6.07) is 60.5. The number of rotatable bonds is 5. The summed E-state index contributed by atoms with van der Waals surface area (Å²) in [5.74, 6) is 0. The smallest absolute Gasteiger partial charge is 0.162 e. The molecule has 0 N–H and O–H groups in total. The van der Waals surface area contributed by atoms with Gasteiger partial charge in [-0.3, -0.25) is 4.98 Å². The third-order valence-electron chi connectivity index (χ3n) is 9.94. The third-order valence-corrected chi connectivity index (χ3v) is 9.94. The first-order chi connectivity index (χ1) is 24.8. The molecule has 2 heterocycles. The fraction of sp³-hybridized carbons (Fsp3) is 0. The maximum atomic E-state index is 6.82. The Hall–Kier alpha value is -6.71. The second-order valence-corrected chi connectivity index (χ2v) is 12.8. The third kappa shape index (κ3) is 4.56. The van der Waals surface area contributed by atoms with Crippen LogP contribution in [0.3, 0.4) is 0 Å². The van der Waals surface area contributed by atoms with Gasteiger partial charge in [0.05, 0.1) is 6.20 Å². The first-order valence-electron chi connectivity index (χ1n) is 16.9. The molecule has 0 bridgehead atoms. The number of hydrogen-bond acceptors (Lipinski definition) is 3. The van der Waals surface area contributed by atoms with Gasteiger partial charge in [0.25, 0.3) is 0 Å². The molecule has 0 fully saturated rings. The van der Waals surface area contributed by atoms with Crippen molar-refractivity contribution in [3.63, 3.8) is 0 Å². The SMILES string of the molecule is c1ccc2c(-c3ccc(N(c4ccc(-c5cccc6ccccc56)cc4)c4cncc5c4oc4c6ccccc6ccc54)cc3)cccc2c1. The van der Waals surface area contributed by atoms with Crippen molar-refractivity contribution in [3.8, 4) is 22.3 Å². The summed E-state index contributed by atoms with van der Waals surface area (Å²) in [5.41, 5.74) is 9.39. The lowest BCUT2D eigenvalue weighted by Crippen LogP contribution is -2.10. The van der Waals surface area contributed by atoms with E-state index in [4.69, 9.17) is 9.40 Å². The molecule has 0 aliphatic carbocycles. The van der Waals surface area contributed by atoms with Crippen LogP contribution in [-0.4, -0.2) is 4.98 Å². The molecule has 3 heteroatoms. The average molecular weight is 639 g/mol. The van der Waals surface area contributed by atoms with Gasteiger partial charge in [0.2, 0.25) is 0 Å². The molecule has 0 saturated carbocycles. The van der Waals surface area contributed by atoms with Crippen LogP contribution in [0.4, 0.5) is 17.1 Å². The Morgan fingerprint density at radius 1 is 0.360 bits per heavy atom. The molecule has 0 radical (unpaired) electrons. The highest BCUT2D eigenvalue weighted by Crippen LogP contribution is 2.44. The molecule has 0 unspecified atom stereocenters. The van der Waals surface area contributed by atoms with Gasteiger partial charge >= 0.3 is 0 Å². The summed E-state index contributed by atoms with van der Waals surface area (Å²) in [6.45, 7) is 0. The van der Waals surface area contributed by atoms with E-state index in [-0.39, 0.29) is 0 Å². The number of pyridine rings is 1. The van der Waals surface area contributed by atoms with Crippen molar-refractivity contribution >= 4 is 71.3 Å². The highest BCUT2D eigenvalue weighted by atomic mass is 16.3. The first kappa shape index (κ1) is 28.3.